The summed E-state index contributed by atoms with van der Waals surface area (Å²) in [4.78, 5) is 36.3. The molecule has 0 radical (unpaired) electrons. The van der Waals surface area contributed by atoms with Gasteiger partial charge >= 0.3 is 12.2 Å². The number of imidazole rings is 2. The zero-order valence-corrected chi connectivity index (χ0v) is 27.6. The molecule has 0 spiro atoms. The van der Waals surface area contributed by atoms with Gasteiger partial charge in [0.05, 0.1) is 36.3 Å². The molecule has 2 atom stereocenters. The first-order valence-electron chi connectivity index (χ1n) is 14.2. The Hall–Kier alpha value is -3.79. The zero-order valence-electron chi connectivity index (χ0n) is 23.9. The molecule has 0 N–H and O–H groups in total. The molecule has 6 heterocycles. The number of hydrogen-bond acceptors (Lipinski definition) is 8. The second-order valence-electron chi connectivity index (χ2n) is 10.8. The van der Waals surface area contributed by atoms with E-state index < -0.39 is 0 Å². The van der Waals surface area contributed by atoms with Gasteiger partial charge in [-0.1, -0.05) is 15.9 Å². The molecule has 228 valence electrons. The van der Waals surface area contributed by atoms with Gasteiger partial charge in [0, 0.05) is 20.4 Å². The number of fused-ring (bicyclic) bond motifs is 6. The molecule has 4 aromatic rings. The van der Waals surface area contributed by atoms with Gasteiger partial charge in [-0.25, -0.2) is 19.6 Å². The summed E-state index contributed by atoms with van der Waals surface area (Å²) in [5.41, 5.74) is 1.87. The predicted molar refractivity (Wildman–Crippen MR) is 173 cm³/mol. The lowest BCUT2D eigenvalue weighted by Crippen LogP contribution is -2.31. The molecule has 0 unspecified atom stereocenters. The highest BCUT2D eigenvalue weighted by Crippen LogP contribution is 2.37. The molecule has 12 nitrogen and oxygen atoms in total. The number of ether oxygens (including phenoxy) is 4. The van der Waals surface area contributed by atoms with E-state index in [1.807, 2.05) is 71.8 Å². The summed E-state index contributed by atoms with van der Waals surface area (Å²) in [5.74, 6) is 4.52. The molecule has 2 aromatic heterocycles. The standard InChI is InChI=1S/C15H14BrN3O3.C15H14IN3O3/c2*1-9-8-22-15(20)19(9)13-7-18-4-5-21-12-6-10(16)2-3-11(12)14(18)17-13/h2*2-3,6-7,9H,4-5,8H2,1H3/t2*9-/m11/s1. The fourth-order valence-corrected chi connectivity index (χ4v) is 6.39. The molecule has 44 heavy (non-hydrogen) atoms. The third-order valence-corrected chi connectivity index (χ3v) is 8.91. The van der Waals surface area contributed by atoms with E-state index >= 15 is 0 Å². The van der Waals surface area contributed by atoms with Crippen LogP contribution in [0, 0.1) is 3.57 Å². The third kappa shape index (κ3) is 5.27. The first-order valence-corrected chi connectivity index (χ1v) is 16.1. The van der Waals surface area contributed by atoms with Crippen LogP contribution in [-0.4, -0.2) is 69.8 Å². The molecule has 0 bridgehead atoms. The Balaban J connectivity index is 0.000000142. The van der Waals surface area contributed by atoms with E-state index in [0.29, 0.717) is 51.2 Å². The number of rotatable bonds is 2. The Morgan fingerprint density at radius 2 is 1.25 bits per heavy atom. The number of carbonyl (C=O) groups excluding carboxylic acids is 2. The monoisotopic (exact) mass is 774 g/mol. The van der Waals surface area contributed by atoms with Crippen LogP contribution in [0.1, 0.15) is 13.8 Å². The van der Waals surface area contributed by atoms with E-state index in [0.717, 1.165) is 42.3 Å². The molecule has 14 heteroatoms. The Bertz CT molecular complexity index is 1650. The molecule has 4 aliphatic heterocycles. The van der Waals surface area contributed by atoms with Gasteiger partial charge in [-0.3, -0.25) is 9.80 Å². The molecule has 2 fully saturated rings. The number of carbonyl (C=O) groups is 2. The van der Waals surface area contributed by atoms with Gasteiger partial charge < -0.3 is 28.1 Å². The Morgan fingerprint density at radius 3 is 1.75 bits per heavy atom. The van der Waals surface area contributed by atoms with E-state index in [9.17, 15) is 9.59 Å². The van der Waals surface area contributed by atoms with Gasteiger partial charge in [-0.2, -0.15) is 0 Å². The first-order chi connectivity index (χ1) is 21.3. The molecule has 2 saturated heterocycles. The fourth-order valence-electron chi connectivity index (χ4n) is 5.59. The highest BCUT2D eigenvalue weighted by Gasteiger charge is 2.35. The average molecular weight is 775 g/mol. The maximum Gasteiger partial charge on any atom is 0.415 e. The molecule has 4 aliphatic rings. The largest absolute Gasteiger partial charge is 0.491 e. The summed E-state index contributed by atoms with van der Waals surface area (Å²) in [6.45, 7) is 7.23. The zero-order chi connectivity index (χ0) is 30.5. The number of hydrogen-bond donors (Lipinski definition) is 0. The number of halogens is 2. The quantitative estimate of drug-likeness (QED) is 0.230. The fraction of sp³-hybridized carbons (Fsp3) is 0.333. The van der Waals surface area contributed by atoms with Crippen LogP contribution in [0.2, 0.25) is 0 Å². The van der Waals surface area contributed by atoms with Crippen LogP contribution in [0.25, 0.3) is 22.8 Å². The highest BCUT2D eigenvalue weighted by atomic mass is 127. The topological polar surface area (TPSA) is 113 Å². The SMILES string of the molecule is C[C@@H]1COC(=O)N1c1cn2c(n1)-c1ccc(Br)cc1OCC2.C[C@@H]1COC(=O)N1c1cn2c(n1)-c1ccc(I)cc1OCC2. The van der Waals surface area contributed by atoms with Crippen LogP contribution in [0.3, 0.4) is 0 Å². The van der Waals surface area contributed by atoms with Crippen molar-refractivity contribution in [2.45, 2.75) is 39.0 Å². The van der Waals surface area contributed by atoms with Crippen LogP contribution < -0.4 is 19.3 Å². The second-order valence-corrected chi connectivity index (χ2v) is 13.0. The van der Waals surface area contributed by atoms with Crippen molar-refractivity contribution in [3.63, 3.8) is 0 Å². The summed E-state index contributed by atoms with van der Waals surface area (Å²) in [7, 11) is 0. The average Bonchev–Trinajstić information content (AvgIpc) is 3.71. The third-order valence-electron chi connectivity index (χ3n) is 7.74. The lowest BCUT2D eigenvalue weighted by Gasteiger charge is -2.14. The van der Waals surface area contributed by atoms with E-state index in [-0.39, 0.29) is 24.3 Å². The number of anilines is 2. The van der Waals surface area contributed by atoms with Crippen molar-refractivity contribution in [2.75, 3.05) is 36.2 Å². The number of cyclic esters (lactones) is 2. The molecule has 0 aliphatic carbocycles. The van der Waals surface area contributed by atoms with Crippen LogP contribution in [0.15, 0.2) is 53.3 Å². The lowest BCUT2D eigenvalue weighted by atomic mass is 10.2. The smallest absolute Gasteiger partial charge is 0.415 e. The maximum absolute atomic E-state index is 11.9. The molecule has 2 amide bonds. The van der Waals surface area contributed by atoms with Crippen molar-refractivity contribution in [1.29, 1.82) is 0 Å². The van der Waals surface area contributed by atoms with Crippen molar-refractivity contribution in [1.82, 2.24) is 19.1 Å². The molecular weight excluding hydrogens is 747 g/mol. The summed E-state index contributed by atoms with van der Waals surface area (Å²) in [6.07, 6.45) is 3.11. The van der Waals surface area contributed by atoms with Gasteiger partial charge in [0.25, 0.3) is 0 Å². The van der Waals surface area contributed by atoms with Crippen molar-refractivity contribution < 1.29 is 28.5 Å². The Morgan fingerprint density at radius 1 is 0.750 bits per heavy atom. The summed E-state index contributed by atoms with van der Waals surface area (Å²) >= 11 is 5.72. The molecule has 0 saturated carbocycles. The van der Waals surface area contributed by atoms with Crippen LogP contribution >= 0.6 is 38.5 Å². The first kappa shape index (κ1) is 29.0. The second kappa shape index (κ2) is 11.6. The van der Waals surface area contributed by atoms with Crippen LogP contribution in [-0.2, 0) is 22.6 Å². The van der Waals surface area contributed by atoms with E-state index in [1.165, 1.54) is 0 Å². The van der Waals surface area contributed by atoms with Gasteiger partial charge in [0.2, 0.25) is 0 Å². The van der Waals surface area contributed by atoms with Gasteiger partial charge in [-0.05, 0) is 72.8 Å². The minimum atomic E-state index is -0.340. The number of amides is 2. The maximum atomic E-state index is 11.9. The number of benzene rings is 2. The van der Waals surface area contributed by atoms with Crippen molar-refractivity contribution in [2.24, 2.45) is 0 Å². The van der Waals surface area contributed by atoms with Crippen molar-refractivity contribution >= 4 is 62.3 Å². The van der Waals surface area contributed by atoms with Crippen LogP contribution in [0.5, 0.6) is 11.5 Å². The van der Waals surface area contributed by atoms with E-state index in [2.05, 4.69) is 48.5 Å². The lowest BCUT2D eigenvalue weighted by molar-refractivity contribution is 0.178. The van der Waals surface area contributed by atoms with Crippen molar-refractivity contribution in [3.05, 3.63) is 56.8 Å². The minimum Gasteiger partial charge on any atom is -0.491 e. The van der Waals surface area contributed by atoms with Gasteiger partial charge in [0.1, 0.15) is 49.6 Å². The summed E-state index contributed by atoms with van der Waals surface area (Å²) in [5, 5.41) is 0. The van der Waals surface area contributed by atoms with Crippen LogP contribution in [0.4, 0.5) is 21.2 Å². The number of nitrogens with zero attached hydrogens (tertiary/aromatic N) is 6. The molecule has 8 rings (SSSR count). The normalized spacial score (nSPS) is 20.0. The Kier molecular flexibility index (Phi) is 7.64. The predicted octanol–water partition coefficient (Wildman–Crippen LogP) is 5.94. The minimum absolute atomic E-state index is 0.000849. The van der Waals surface area contributed by atoms with E-state index in [1.54, 1.807) is 9.80 Å². The molecular formula is C30H28BrIN6O6. The van der Waals surface area contributed by atoms with E-state index in [4.69, 9.17) is 18.9 Å². The van der Waals surface area contributed by atoms with Gasteiger partial charge in [0.15, 0.2) is 11.6 Å². The summed E-state index contributed by atoms with van der Waals surface area (Å²) < 4.78 is 27.9. The highest BCUT2D eigenvalue weighted by molar-refractivity contribution is 14.1. The molecule has 2 aromatic carbocycles. The van der Waals surface area contributed by atoms with Crippen molar-refractivity contribution in [3.8, 4) is 34.3 Å². The number of aromatic nitrogens is 4. The Labute approximate surface area is 275 Å². The summed E-state index contributed by atoms with van der Waals surface area (Å²) in [6, 6.07) is 11.9. The van der Waals surface area contributed by atoms with Gasteiger partial charge in [-0.15, -0.1) is 0 Å².